The van der Waals surface area contributed by atoms with Gasteiger partial charge < -0.3 is 14.4 Å². The van der Waals surface area contributed by atoms with E-state index in [4.69, 9.17) is 9.47 Å². The molecule has 0 bridgehead atoms. The van der Waals surface area contributed by atoms with Crippen molar-refractivity contribution in [2.75, 3.05) is 57.9 Å². The van der Waals surface area contributed by atoms with Gasteiger partial charge in [0.1, 0.15) is 11.5 Å². The van der Waals surface area contributed by atoms with E-state index < -0.39 is 10.0 Å². The van der Waals surface area contributed by atoms with E-state index in [1.165, 1.54) is 0 Å². The zero-order valence-electron chi connectivity index (χ0n) is 18.4. The second-order valence-corrected chi connectivity index (χ2v) is 9.34. The van der Waals surface area contributed by atoms with E-state index in [1.54, 1.807) is 31.4 Å². The van der Waals surface area contributed by atoms with Crippen LogP contribution in [-0.2, 0) is 10.0 Å². The van der Waals surface area contributed by atoms with Crippen LogP contribution in [0.5, 0.6) is 11.5 Å². The molecule has 0 atom stereocenters. The number of nitrogens with one attached hydrogen (secondary N) is 1. The van der Waals surface area contributed by atoms with Crippen LogP contribution in [0.3, 0.4) is 0 Å². The lowest BCUT2D eigenvalue weighted by Crippen LogP contribution is -2.47. The monoisotopic (exact) mass is 447 g/mol. The van der Waals surface area contributed by atoms with E-state index in [2.05, 4.69) is 20.6 Å². The molecule has 8 heteroatoms. The quantitative estimate of drug-likeness (QED) is 0.534. The molecule has 1 heterocycles. The van der Waals surface area contributed by atoms with Crippen molar-refractivity contribution in [2.24, 2.45) is 0 Å². The molecule has 2 aromatic rings. The topological polar surface area (TPSA) is 71.1 Å². The van der Waals surface area contributed by atoms with Crippen molar-refractivity contribution in [3.05, 3.63) is 48.5 Å². The molecular formula is C23H33N3O4S. The summed E-state index contributed by atoms with van der Waals surface area (Å²) in [5.41, 5.74) is 1.13. The Morgan fingerprint density at radius 2 is 1.71 bits per heavy atom. The summed E-state index contributed by atoms with van der Waals surface area (Å²) in [6.45, 7) is 7.70. The van der Waals surface area contributed by atoms with Gasteiger partial charge in [-0.2, -0.15) is 0 Å². The summed E-state index contributed by atoms with van der Waals surface area (Å²) in [5.74, 6) is 1.59. The molecule has 0 radical (unpaired) electrons. The normalized spacial score (nSPS) is 15.1. The third-order valence-corrected chi connectivity index (χ3v) is 6.83. The minimum atomic E-state index is -3.50. The molecule has 0 spiro atoms. The molecule has 1 fully saturated rings. The van der Waals surface area contributed by atoms with E-state index in [9.17, 15) is 8.42 Å². The fourth-order valence-electron chi connectivity index (χ4n) is 3.63. The van der Waals surface area contributed by atoms with E-state index in [0.29, 0.717) is 18.9 Å². The highest BCUT2D eigenvalue weighted by molar-refractivity contribution is 7.89. The molecule has 0 aliphatic carbocycles. The van der Waals surface area contributed by atoms with Crippen LogP contribution >= 0.6 is 0 Å². The summed E-state index contributed by atoms with van der Waals surface area (Å²) < 4.78 is 38.7. The molecule has 1 saturated heterocycles. The van der Waals surface area contributed by atoms with E-state index in [0.717, 1.165) is 57.0 Å². The van der Waals surface area contributed by atoms with Gasteiger partial charge in [0.2, 0.25) is 10.0 Å². The van der Waals surface area contributed by atoms with Crippen LogP contribution in [0.15, 0.2) is 53.4 Å². The number of anilines is 1. The molecule has 7 nitrogen and oxygen atoms in total. The zero-order valence-corrected chi connectivity index (χ0v) is 19.2. The van der Waals surface area contributed by atoms with Crippen LogP contribution < -0.4 is 19.1 Å². The van der Waals surface area contributed by atoms with Crippen molar-refractivity contribution >= 4 is 15.7 Å². The summed E-state index contributed by atoms with van der Waals surface area (Å²) in [6.07, 6.45) is 1.68. The Morgan fingerprint density at radius 1 is 1.00 bits per heavy atom. The number of benzene rings is 2. The third-order valence-electron chi connectivity index (χ3n) is 5.35. The Labute approximate surface area is 186 Å². The van der Waals surface area contributed by atoms with Gasteiger partial charge in [-0.05, 0) is 55.8 Å². The number of hydrogen-bond donors (Lipinski definition) is 1. The first-order chi connectivity index (χ1) is 15.0. The molecule has 170 valence electrons. The predicted octanol–water partition coefficient (Wildman–Crippen LogP) is 2.97. The van der Waals surface area contributed by atoms with Crippen LogP contribution in [0, 0.1) is 0 Å². The fourth-order valence-corrected chi connectivity index (χ4v) is 4.70. The lowest BCUT2D eigenvalue weighted by molar-refractivity contribution is 0.254. The Hall–Kier alpha value is -2.29. The van der Waals surface area contributed by atoms with Gasteiger partial charge in [0.25, 0.3) is 0 Å². The molecule has 1 aliphatic rings. The number of sulfonamides is 1. The van der Waals surface area contributed by atoms with Crippen molar-refractivity contribution < 1.29 is 17.9 Å². The largest absolute Gasteiger partial charge is 0.495 e. The standard InChI is InChI=1S/C23H33N3O4S/c1-3-19-30-20-9-11-21(12-10-20)31(27,28)24-13-6-14-25-15-17-26(18-16-25)22-7-4-5-8-23(22)29-2/h4-5,7-12,24H,3,6,13-19H2,1-2H3. The number of hydrogen-bond acceptors (Lipinski definition) is 6. The first-order valence-corrected chi connectivity index (χ1v) is 12.3. The summed E-state index contributed by atoms with van der Waals surface area (Å²) in [7, 11) is -1.80. The molecular weight excluding hydrogens is 414 g/mol. The second-order valence-electron chi connectivity index (χ2n) is 7.57. The van der Waals surface area contributed by atoms with Crippen molar-refractivity contribution in [3.8, 4) is 11.5 Å². The van der Waals surface area contributed by atoms with E-state index in [1.807, 2.05) is 25.1 Å². The second kappa shape index (κ2) is 11.4. The molecule has 1 N–H and O–H groups in total. The Morgan fingerprint density at radius 3 is 2.39 bits per heavy atom. The average Bonchev–Trinajstić information content (AvgIpc) is 2.81. The molecule has 0 saturated carbocycles. The Kier molecular flexibility index (Phi) is 8.57. The van der Waals surface area contributed by atoms with Crippen LogP contribution in [0.4, 0.5) is 5.69 Å². The van der Waals surface area contributed by atoms with Gasteiger partial charge >= 0.3 is 0 Å². The first-order valence-electron chi connectivity index (χ1n) is 10.9. The first kappa shape index (κ1) is 23.4. The molecule has 1 aliphatic heterocycles. The lowest BCUT2D eigenvalue weighted by atomic mass is 10.2. The maximum absolute atomic E-state index is 12.5. The number of ether oxygens (including phenoxy) is 2. The zero-order chi connectivity index (χ0) is 22.1. The van der Waals surface area contributed by atoms with Crippen molar-refractivity contribution in [1.82, 2.24) is 9.62 Å². The highest BCUT2D eigenvalue weighted by atomic mass is 32.2. The minimum absolute atomic E-state index is 0.266. The van der Waals surface area contributed by atoms with Crippen molar-refractivity contribution in [1.29, 1.82) is 0 Å². The number of nitrogens with zero attached hydrogens (tertiary/aromatic N) is 2. The Balaban J connectivity index is 1.40. The number of para-hydroxylation sites is 2. The molecule has 0 unspecified atom stereocenters. The average molecular weight is 448 g/mol. The van der Waals surface area contributed by atoms with Gasteiger partial charge in [-0.15, -0.1) is 0 Å². The highest BCUT2D eigenvalue weighted by Gasteiger charge is 2.19. The number of methoxy groups -OCH3 is 1. The van der Waals surface area contributed by atoms with Gasteiger partial charge in [-0.25, -0.2) is 13.1 Å². The maximum Gasteiger partial charge on any atom is 0.240 e. The van der Waals surface area contributed by atoms with Gasteiger partial charge in [-0.1, -0.05) is 19.1 Å². The molecule has 3 rings (SSSR count). The van der Waals surface area contributed by atoms with Crippen LogP contribution in [-0.4, -0.2) is 66.3 Å². The van der Waals surface area contributed by atoms with Gasteiger partial charge in [0.15, 0.2) is 0 Å². The van der Waals surface area contributed by atoms with Crippen molar-refractivity contribution in [3.63, 3.8) is 0 Å². The van der Waals surface area contributed by atoms with Gasteiger partial charge in [0, 0.05) is 32.7 Å². The predicted molar refractivity (Wildman–Crippen MR) is 124 cm³/mol. The molecule has 2 aromatic carbocycles. The Bertz CT molecular complexity index is 911. The van der Waals surface area contributed by atoms with Gasteiger partial charge in [-0.3, -0.25) is 4.90 Å². The smallest absolute Gasteiger partial charge is 0.240 e. The summed E-state index contributed by atoms with van der Waals surface area (Å²) in [5, 5.41) is 0. The third kappa shape index (κ3) is 6.59. The SMILES string of the molecule is CCCOc1ccc(S(=O)(=O)NCCCN2CCN(c3ccccc3OC)CC2)cc1. The summed E-state index contributed by atoms with van der Waals surface area (Å²) in [4.78, 5) is 4.98. The van der Waals surface area contributed by atoms with E-state index in [-0.39, 0.29) is 4.90 Å². The van der Waals surface area contributed by atoms with Crippen molar-refractivity contribution in [2.45, 2.75) is 24.7 Å². The van der Waals surface area contributed by atoms with Gasteiger partial charge in [0.05, 0.1) is 24.3 Å². The number of rotatable bonds is 11. The molecule has 0 amide bonds. The highest BCUT2D eigenvalue weighted by Crippen LogP contribution is 2.28. The van der Waals surface area contributed by atoms with Crippen LogP contribution in [0.25, 0.3) is 0 Å². The van der Waals surface area contributed by atoms with Crippen LogP contribution in [0.1, 0.15) is 19.8 Å². The summed E-state index contributed by atoms with van der Waals surface area (Å²) >= 11 is 0. The molecule has 31 heavy (non-hydrogen) atoms. The maximum atomic E-state index is 12.5. The number of piperazine rings is 1. The van der Waals surface area contributed by atoms with Crippen LogP contribution in [0.2, 0.25) is 0 Å². The van der Waals surface area contributed by atoms with E-state index >= 15 is 0 Å². The molecule has 0 aromatic heterocycles. The minimum Gasteiger partial charge on any atom is -0.495 e. The fraction of sp³-hybridized carbons (Fsp3) is 0.478. The lowest BCUT2D eigenvalue weighted by Gasteiger charge is -2.36. The summed E-state index contributed by atoms with van der Waals surface area (Å²) in [6, 6.07) is 14.7.